The molecule has 0 heterocycles. The van der Waals surface area contributed by atoms with Gasteiger partial charge in [0.15, 0.2) is 0 Å². The molecule has 0 saturated carbocycles. The number of hydrogen-bond donors (Lipinski definition) is 3. The molecule has 29 heavy (non-hydrogen) atoms. The van der Waals surface area contributed by atoms with Crippen LogP contribution in [0.4, 0.5) is 0 Å². The molecular formula is C23H41NO5. The summed E-state index contributed by atoms with van der Waals surface area (Å²) in [5.74, 6) is -2.34. The average Bonchev–Trinajstić information content (AvgIpc) is 2.67. The summed E-state index contributed by atoms with van der Waals surface area (Å²) in [6.07, 6.45) is 19.2. The van der Waals surface area contributed by atoms with Gasteiger partial charge in [-0.25, -0.2) is 4.79 Å². The molecule has 1 atom stereocenters. The monoisotopic (exact) mass is 411 g/mol. The van der Waals surface area contributed by atoms with Crippen LogP contribution in [0.1, 0.15) is 110 Å². The molecule has 0 saturated heterocycles. The maximum absolute atomic E-state index is 11.9. The van der Waals surface area contributed by atoms with Gasteiger partial charge < -0.3 is 15.5 Å². The van der Waals surface area contributed by atoms with E-state index in [0.29, 0.717) is 6.42 Å². The van der Waals surface area contributed by atoms with Crippen LogP contribution < -0.4 is 5.32 Å². The van der Waals surface area contributed by atoms with Gasteiger partial charge in [0, 0.05) is 12.8 Å². The Morgan fingerprint density at radius 1 is 0.759 bits per heavy atom. The molecule has 1 amide bonds. The number of carboxylic acid groups (broad SMARTS) is 2. The van der Waals surface area contributed by atoms with Crippen LogP contribution in [0.2, 0.25) is 0 Å². The number of carbonyl (C=O) groups excluding carboxylic acids is 1. The SMILES string of the molecule is CCCCCCC/C=C\CCCCCCCC(=O)N[C@H](CCCC(=O)O)C(=O)O. The van der Waals surface area contributed by atoms with Crippen LogP contribution in [-0.4, -0.2) is 34.1 Å². The average molecular weight is 412 g/mol. The van der Waals surface area contributed by atoms with Gasteiger partial charge in [-0.05, 0) is 44.9 Å². The first-order valence-electron chi connectivity index (χ1n) is 11.4. The van der Waals surface area contributed by atoms with E-state index in [9.17, 15) is 14.4 Å². The maximum Gasteiger partial charge on any atom is 0.326 e. The fourth-order valence-corrected chi connectivity index (χ4v) is 3.16. The lowest BCUT2D eigenvalue weighted by Crippen LogP contribution is -2.40. The predicted octanol–water partition coefficient (Wildman–Crippen LogP) is 5.46. The summed E-state index contributed by atoms with van der Waals surface area (Å²) in [5.41, 5.74) is 0. The number of hydrogen-bond acceptors (Lipinski definition) is 3. The van der Waals surface area contributed by atoms with E-state index in [1.165, 1.54) is 44.9 Å². The fraction of sp³-hybridized carbons (Fsp3) is 0.783. The smallest absolute Gasteiger partial charge is 0.326 e. The Kier molecular flexibility index (Phi) is 18.2. The van der Waals surface area contributed by atoms with Crippen LogP contribution in [-0.2, 0) is 14.4 Å². The Morgan fingerprint density at radius 3 is 1.86 bits per heavy atom. The van der Waals surface area contributed by atoms with E-state index in [2.05, 4.69) is 24.4 Å². The van der Waals surface area contributed by atoms with Crippen molar-refractivity contribution in [1.82, 2.24) is 5.32 Å². The van der Waals surface area contributed by atoms with Crippen molar-refractivity contribution in [3.05, 3.63) is 12.2 Å². The van der Waals surface area contributed by atoms with Crippen molar-refractivity contribution in [1.29, 1.82) is 0 Å². The molecule has 0 rings (SSSR count). The van der Waals surface area contributed by atoms with Crippen molar-refractivity contribution >= 4 is 17.8 Å². The van der Waals surface area contributed by atoms with Gasteiger partial charge in [0.25, 0.3) is 0 Å². The van der Waals surface area contributed by atoms with Crippen molar-refractivity contribution in [3.63, 3.8) is 0 Å². The zero-order valence-corrected chi connectivity index (χ0v) is 18.2. The minimum absolute atomic E-state index is 0.0895. The molecule has 0 aliphatic carbocycles. The molecule has 0 aromatic carbocycles. The Labute approximate surface area is 176 Å². The summed E-state index contributed by atoms with van der Waals surface area (Å²) in [4.78, 5) is 33.5. The van der Waals surface area contributed by atoms with Gasteiger partial charge >= 0.3 is 11.9 Å². The van der Waals surface area contributed by atoms with Crippen LogP contribution in [0.15, 0.2) is 12.2 Å². The van der Waals surface area contributed by atoms with Crippen LogP contribution >= 0.6 is 0 Å². The summed E-state index contributed by atoms with van der Waals surface area (Å²) in [6.45, 7) is 2.23. The Morgan fingerprint density at radius 2 is 1.31 bits per heavy atom. The number of amides is 1. The lowest BCUT2D eigenvalue weighted by molar-refractivity contribution is -0.142. The third-order valence-electron chi connectivity index (χ3n) is 4.93. The molecule has 0 aliphatic heterocycles. The number of nitrogens with one attached hydrogen (secondary N) is 1. The second-order valence-electron chi connectivity index (χ2n) is 7.73. The number of carbonyl (C=O) groups is 3. The van der Waals surface area contributed by atoms with E-state index >= 15 is 0 Å². The first kappa shape index (κ1) is 27.1. The molecule has 3 N–H and O–H groups in total. The zero-order chi connectivity index (χ0) is 21.7. The Balaban J connectivity index is 3.60. The van der Waals surface area contributed by atoms with Crippen molar-refractivity contribution in [2.24, 2.45) is 0 Å². The fourth-order valence-electron chi connectivity index (χ4n) is 3.16. The summed E-state index contributed by atoms with van der Waals surface area (Å²) in [7, 11) is 0. The third-order valence-corrected chi connectivity index (χ3v) is 4.93. The summed E-state index contributed by atoms with van der Waals surface area (Å²) in [5, 5.41) is 20.2. The quantitative estimate of drug-likeness (QED) is 0.182. The summed E-state index contributed by atoms with van der Waals surface area (Å²) in [6, 6.07) is -1.000. The lowest BCUT2D eigenvalue weighted by Gasteiger charge is -2.14. The summed E-state index contributed by atoms with van der Waals surface area (Å²) >= 11 is 0. The lowest BCUT2D eigenvalue weighted by atomic mass is 10.1. The molecule has 168 valence electrons. The van der Waals surface area contributed by atoms with Crippen LogP contribution in [0.25, 0.3) is 0 Å². The second-order valence-corrected chi connectivity index (χ2v) is 7.73. The zero-order valence-electron chi connectivity index (χ0n) is 18.2. The third kappa shape index (κ3) is 19.2. The van der Waals surface area contributed by atoms with Crippen LogP contribution in [0.3, 0.4) is 0 Å². The van der Waals surface area contributed by atoms with Gasteiger partial charge in [0.2, 0.25) is 5.91 Å². The van der Waals surface area contributed by atoms with Gasteiger partial charge in [0.05, 0.1) is 0 Å². The highest BCUT2D eigenvalue weighted by atomic mass is 16.4. The van der Waals surface area contributed by atoms with Gasteiger partial charge in [-0.15, -0.1) is 0 Å². The van der Waals surface area contributed by atoms with E-state index < -0.39 is 18.0 Å². The first-order chi connectivity index (χ1) is 14.0. The van der Waals surface area contributed by atoms with Gasteiger partial charge in [-0.2, -0.15) is 0 Å². The molecule has 0 spiro atoms. The number of aliphatic carboxylic acids is 2. The predicted molar refractivity (Wildman–Crippen MR) is 116 cm³/mol. The molecular weight excluding hydrogens is 370 g/mol. The Bertz CT molecular complexity index is 476. The van der Waals surface area contributed by atoms with Gasteiger partial charge in [-0.1, -0.05) is 64.0 Å². The maximum atomic E-state index is 11.9. The molecule has 0 radical (unpaired) electrons. The molecule has 6 heteroatoms. The number of rotatable bonds is 20. The van der Waals surface area contributed by atoms with Crippen molar-refractivity contribution in [2.75, 3.05) is 0 Å². The molecule has 0 aliphatic rings. The van der Waals surface area contributed by atoms with E-state index in [1.54, 1.807) is 0 Å². The molecule has 0 fully saturated rings. The normalized spacial score (nSPS) is 12.2. The number of carboxylic acids is 2. The van der Waals surface area contributed by atoms with E-state index in [-0.39, 0.29) is 25.2 Å². The topological polar surface area (TPSA) is 104 Å². The Hall–Kier alpha value is -1.85. The standard InChI is InChI=1S/C23H41NO5/c1-2-3-4-5-6-7-8-9-10-11-12-13-14-15-18-21(25)24-20(23(28)29)17-16-19-22(26)27/h8-9,20H,2-7,10-19H2,1H3,(H,24,25)(H,26,27)(H,28,29)/b9-8-/t20-/m1/s1. The van der Waals surface area contributed by atoms with Gasteiger partial charge in [0.1, 0.15) is 6.04 Å². The molecule has 0 bridgehead atoms. The van der Waals surface area contributed by atoms with Gasteiger partial charge in [-0.3, -0.25) is 9.59 Å². The summed E-state index contributed by atoms with van der Waals surface area (Å²) < 4.78 is 0. The number of unbranched alkanes of at least 4 members (excludes halogenated alkanes) is 10. The highest BCUT2D eigenvalue weighted by molar-refractivity contribution is 5.83. The highest BCUT2D eigenvalue weighted by Gasteiger charge is 2.19. The minimum atomic E-state index is -1.11. The van der Waals surface area contributed by atoms with Crippen molar-refractivity contribution < 1.29 is 24.6 Å². The van der Waals surface area contributed by atoms with E-state index in [1.807, 2.05) is 0 Å². The second kappa shape index (κ2) is 19.5. The van der Waals surface area contributed by atoms with Crippen molar-refractivity contribution in [2.45, 2.75) is 116 Å². The molecule has 6 nitrogen and oxygen atoms in total. The molecule has 0 aromatic rings. The van der Waals surface area contributed by atoms with E-state index in [4.69, 9.17) is 10.2 Å². The van der Waals surface area contributed by atoms with Crippen molar-refractivity contribution in [3.8, 4) is 0 Å². The highest BCUT2D eigenvalue weighted by Crippen LogP contribution is 2.10. The molecule has 0 unspecified atom stereocenters. The van der Waals surface area contributed by atoms with Crippen LogP contribution in [0, 0.1) is 0 Å². The number of allylic oxidation sites excluding steroid dienone is 2. The molecule has 0 aromatic heterocycles. The van der Waals surface area contributed by atoms with Crippen LogP contribution in [0.5, 0.6) is 0 Å². The first-order valence-corrected chi connectivity index (χ1v) is 11.4. The van der Waals surface area contributed by atoms with E-state index in [0.717, 1.165) is 32.1 Å². The minimum Gasteiger partial charge on any atom is -0.481 e. The largest absolute Gasteiger partial charge is 0.481 e.